The lowest BCUT2D eigenvalue weighted by atomic mass is 10.0. The average molecular weight is 334 g/mol. The van der Waals surface area contributed by atoms with Crippen LogP contribution in [-0.4, -0.2) is 38.6 Å². The standard InChI is InChI=1S/C15H23N3O.2ClH/c1-18(13-7-3-2-4-8-13)12-11-17-15(19)14-9-5-6-10-16-14;;/h2-4,7-8,14,16H,5-6,9-12H2,1H3,(H,17,19);2*1H. The van der Waals surface area contributed by atoms with Crippen LogP contribution in [0.5, 0.6) is 0 Å². The molecule has 1 heterocycles. The van der Waals surface area contributed by atoms with Gasteiger partial charge < -0.3 is 15.5 Å². The molecule has 21 heavy (non-hydrogen) atoms. The van der Waals surface area contributed by atoms with Gasteiger partial charge in [0.2, 0.25) is 5.91 Å². The van der Waals surface area contributed by atoms with Crippen molar-refractivity contribution >= 4 is 36.4 Å². The van der Waals surface area contributed by atoms with Crippen LogP contribution in [0.15, 0.2) is 30.3 Å². The van der Waals surface area contributed by atoms with Crippen molar-refractivity contribution in [1.82, 2.24) is 10.6 Å². The van der Waals surface area contributed by atoms with Crippen LogP contribution in [0.4, 0.5) is 5.69 Å². The molecule has 2 N–H and O–H groups in total. The Balaban J connectivity index is 0.00000200. The fraction of sp³-hybridized carbons (Fsp3) is 0.533. The van der Waals surface area contributed by atoms with Gasteiger partial charge in [0.05, 0.1) is 6.04 Å². The SMILES string of the molecule is CN(CCNC(=O)C1CCCCN1)c1ccccc1.Cl.Cl. The summed E-state index contributed by atoms with van der Waals surface area (Å²) in [6, 6.07) is 10.2. The van der Waals surface area contributed by atoms with E-state index in [0.717, 1.165) is 25.9 Å². The van der Waals surface area contributed by atoms with E-state index in [4.69, 9.17) is 0 Å². The van der Waals surface area contributed by atoms with E-state index in [-0.39, 0.29) is 36.8 Å². The van der Waals surface area contributed by atoms with Crippen LogP contribution >= 0.6 is 24.8 Å². The molecule has 1 unspecified atom stereocenters. The summed E-state index contributed by atoms with van der Waals surface area (Å²) in [6.07, 6.45) is 3.29. The molecular formula is C15H25Cl2N3O. The number of hydrogen-bond donors (Lipinski definition) is 2. The summed E-state index contributed by atoms with van der Waals surface area (Å²) in [5.41, 5.74) is 1.17. The second-order valence-electron chi connectivity index (χ2n) is 5.05. The topological polar surface area (TPSA) is 44.4 Å². The Morgan fingerprint density at radius 2 is 2.00 bits per heavy atom. The van der Waals surface area contributed by atoms with E-state index < -0.39 is 0 Å². The number of carbonyl (C=O) groups is 1. The molecule has 0 radical (unpaired) electrons. The van der Waals surface area contributed by atoms with Gasteiger partial charge in [-0.2, -0.15) is 0 Å². The number of rotatable bonds is 5. The summed E-state index contributed by atoms with van der Waals surface area (Å²) in [5, 5.41) is 6.27. The van der Waals surface area contributed by atoms with Crippen LogP contribution in [0.3, 0.4) is 0 Å². The molecule has 1 amide bonds. The van der Waals surface area contributed by atoms with Gasteiger partial charge in [-0.15, -0.1) is 24.8 Å². The molecule has 1 aliphatic heterocycles. The smallest absolute Gasteiger partial charge is 0.237 e. The summed E-state index contributed by atoms with van der Waals surface area (Å²) in [5.74, 6) is 0.140. The Bertz CT molecular complexity index is 397. The highest BCUT2D eigenvalue weighted by Crippen LogP contribution is 2.10. The van der Waals surface area contributed by atoms with Gasteiger partial charge in [0, 0.05) is 25.8 Å². The van der Waals surface area contributed by atoms with Crippen LogP contribution in [0.1, 0.15) is 19.3 Å². The van der Waals surface area contributed by atoms with Gasteiger partial charge in [-0.1, -0.05) is 24.6 Å². The Hall–Kier alpha value is -0.970. The number of carbonyl (C=O) groups excluding carboxylic acids is 1. The normalized spacial score (nSPS) is 17.1. The van der Waals surface area contributed by atoms with Crippen molar-refractivity contribution in [3.63, 3.8) is 0 Å². The zero-order valence-electron chi connectivity index (χ0n) is 12.4. The lowest BCUT2D eigenvalue weighted by Crippen LogP contribution is -2.48. The molecule has 1 aromatic carbocycles. The van der Waals surface area contributed by atoms with Gasteiger partial charge >= 0.3 is 0 Å². The van der Waals surface area contributed by atoms with Gasteiger partial charge in [-0.05, 0) is 31.5 Å². The molecule has 120 valence electrons. The molecule has 1 aromatic rings. The lowest BCUT2D eigenvalue weighted by molar-refractivity contribution is -0.123. The van der Waals surface area contributed by atoms with Crippen molar-refractivity contribution in [2.75, 3.05) is 31.6 Å². The van der Waals surface area contributed by atoms with Crippen molar-refractivity contribution in [3.8, 4) is 0 Å². The van der Waals surface area contributed by atoms with Gasteiger partial charge in [-0.3, -0.25) is 4.79 Å². The zero-order valence-corrected chi connectivity index (χ0v) is 14.0. The second kappa shape index (κ2) is 10.7. The molecule has 2 rings (SSSR count). The lowest BCUT2D eigenvalue weighted by Gasteiger charge is -2.24. The predicted octanol–water partition coefficient (Wildman–Crippen LogP) is 2.22. The van der Waals surface area contributed by atoms with E-state index in [9.17, 15) is 4.79 Å². The number of anilines is 1. The van der Waals surface area contributed by atoms with E-state index in [1.165, 1.54) is 12.1 Å². The molecular weight excluding hydrogens is 309 g/mol. The molecule has 1 fully saturated rings. The molecule has 1 saturated heterocycles. The highest BCUT2D eigenvalue weighted by atomic mass is 35.5. The third-order valence-electron chi connectivity index (χ3n) is 3.57. The Labute approximate surface area is 139 Å². The first-order valence-electron chi connectivity index (χ1n) is 7.04. The van der Waals surface area contributed by atoms with E-state index in [1.54, 1.807) is 0 Å². The summed E-state index contributed by atoms with van der Waals surface area (Å²) >= 11 is 0. The van der Waals surface area contributed by atoms with Gasteiger partial charge in [0.1, 0.15) is 0 Å². The molecule has 6 heteroatoms. The molecule has 0 aromatic heterocycles. The maximum absolute atomic E-state index is 11.9. The predicted molar refractivity (Wildman–Crippen MR) is 92.9 cm³/mol. The highest BCUT2D eigenvalue weighted by molar-refractivity contribution is 5.85. The molecule has 0 saturated carbocycles. The minimum absolute atomic E-state index is 0. The summed E-state index contributed by atoms with van der Waals surface area (Å²) in [7, 11) is 2.04. The molecule has 4 nitrogen and oxygen atoms in total. The third kappa shape index (κ3) is 6.55. The largest absolute Gasteiger partial charge is 0.373 e. The number of nitrogens with zero attached hydrogens (tertiary/aromatic N) is 1. The van der Waals surface area contributed by atoms with E-state index >= 15 is 0 Å². The quantitative estimate of drug-likeness (QED) is 0.868. The van der Waals surface area contributed by atoms with E-state index in [0.29, 0.717) is 6.54 Å². The Kier molecular flexibility index (Phi) is 10.2. The fourth-order valence-electron chi connectivity index (χ4n) is 2.36. The molecule has 0 spiro atoms. The first kappa shape index (κ1) is 20.0. The van der Waals surface area contributed by atoms with E-state index in [1.807, 2.05) is 25.2 Å². The molecule has 0 bridgehead atoms. The van der Waals surface area contributed by atoms with Crippen LogP contribution in [-0.2, 0) is 4.79 Å². The maximum atomic E-state index is 11.9. The highest BCUT2D eigenvalue weighted by Gasteiger charge is 2.19. The maximum Gasteiger partial charge on any atom is 0.237 e. The number of nitrogens with one attached hydrogen (secondary N) is 2. The number of piperidine rings is 1. The fourth-order valence-corrected chi connectivity index (χ4v) is 2.36. The summed E-state index contributed by atoms with van der Waals surface area (Å²) in [6.45, 7) is 2.47. The Morgan fingerprint density at radius 1 is 1.29 bits per heavy atom. The molecule has 0 aliphatic carbocycles. The molecule has 1 aliphatic rings. The molecule has 1 atom stereocenters. The number of halogens is 2. The summed E-state index contributed by atoms with van der Waals surface area (Å²) in [4.78, 5) is 14.1. The van der Waals surface area contributed by atoms with Gasteiger partial charge in [0.15, 0.2) is 0 Å². The third-order valence-corrected chi connectivity index (χ3v) is 3.57. The summed E-state index contributed by atoms with van der Waals surface area (Å²) < 4.78 is 0. The van der Waals surface area contributed by atoms with E-state index in [2.05, 4.69) is 27.7 Å². The van der Waals surface area contributed by atoms with Crippen molar-refractivity contribution in [3.05, 3.63) is 30.3 Å². The Morgan fingerprint density at radius 3 is 2.62 bits per heavy atom. The first-order valence-corrected chi connectivity index (χ1v) is 7.04. The zero-order chi connectivity index (χ0) is 13.5. The van der Waals surface area contributed by atoms with Crippen molar-refractivity contribution in [2.24, 2.45) is 0 Å². The van der Waals surface area contributed by atoms with Crippen LogP contribution < -0.4 is 15.5 Å². The number of benzene rings is 1. The number of para-hydroxylation sites is 1. The van der Waals surface area contributed by atoms with Crippen molar-refractivity contribution in [2.45, 2.75) is 25.3 Å². The average Bonchev–Trinajstić information content (AvgIpc) is 2.49. The number of amides is 1. The minimum Gasteiger partial charge on any atom is -0.373 e. The minimum atomic E-state index is 0. The van der Waals surface area contributed by atoms with Crippen LogP contribution in [0, 0.1) is 0 Å². The van der Waals surface area contributed by atoms with Crippen LogP contribution in [0.25, 0.3) is 0 Å². The van der Waals surface area contributed by atoms with Gasteiger partial charge in [-0.25, -0.2) is 0 Å². The number of hydrogen-bond acceptors (Lipinski definition) is 3. The second-order valence-corrected chi connectivity index (χ2v) is 5.05. The van der Waals surface area contributed by atoms with Gasteiger partial charge in [0.25, 0.3) is 0 Å². The number of likely N-dealkylation sites (N-methyl/N-ethyl adjacent to an activating group) is 1. The van der Waals surface area contributed by atoms with Crippen molar-refractivity contribution in [1.29, 1.82) is 0 Å². The van der Waals surface area contributed by atoms with Crippen LogP contribution in [0.2, 0.25) is 0 Å². The first-order chi connectivity index (χ1) is 9.27. The van der Waals surface area contributed by atoms with Crippen molar-refractivity contribution < 1.29 is 4.79 Å². The monoisotopic (exact) mass is 333 g/mol.